The second kappa shape index (κ2) is 16.1. The maximum Gasteiger partial charge on any atom is 0.303 e. The average molecular weight is 648 g/mol. The minimum absolute atomic E-state index is 0.0505. The molecule has 0 aliphatic carbocycles. The van der Waals surface area contributed by atoms with E-state index in [4.69, 9.17) is 5.11 Å². The van der Waals surface area contributed by atoms with Gasteiger partial charge >= 0.3 is 5.97 Å². The number of carboxylic acid groups (broad SMARTS) is 1. The molecule has 16 nitrogen and oxygen atoms in total. The van der Waals surface area contributed by atoms with Crippen LogP contribution < -0.4 is 26.2 Å². The second-order valence-electron chi connectivity index (χ2n) is 11.1. The molecule has 1 aliphatic rings. The molecule has 0 fully saturated rings. The Labute approximate surface area is 270 Å². The summed E-state index contributed by atoms with van der Waals surface area (Å²) in [5, 5.41) is 33.0. The fourth-order valence-electron chi connectivity index (χ4n) is 5.07. The molecule has 1 aliphatic heterocycles. The molecule has 0 saturated carbocycles. The molecule has 2 heterocycles. The Morgan fingerprint density at radius 1 is 1.02 bits per heavy atom. The summed E-state index contributed by atoms with van der Waals surface area (Å²) in [6.45, 7) is 3.17. The predicted molar refractivity (Wildman–Crippen MR) is 167 cm³/mol. The SMILES string of the molecule is CC[C@H](C)[C@H](NC(=O)Cc1ccccc1)C(=O)NCC(=O)N1c2cc(NC(=O)CCC(=O)O)ccc2C[C@H]1C(=O)NCc1nn[nH]n1. The summed E-state index contributed by atoms with van der Waals surface area (Å²) in [7, 11) is 0. The lowest BCUT2D eigenvalue weighted by Crippen LogP contribution is -2.54. The smallest absolute Gasteiger partial charge is 0.303 e. The number of H-pyrrole nitrogens is 1. The van der Waals surface area contributed by atoms with E-state index in [0.717, 1.165) is 5.56 Å². The highest BCUT2D eigenvalue weighted by Crippen LogP contribution is 2.35. The zero-order valence-corrected chi connectivity index (χ0v) is 26.0. The van der Waals surface area contributed by atoms with E-state index < -0.39 is 48.2 Å². The van der Waals surface area contributed by atoms with E-state index in [1.807, 2.05) is 44.2 Å². The van der Waals surface area contributed by atoms with E-state index in [1.165, 1.54) is 11.0 Å². The van der Waals surface area contributed by atoms with Crippen LogP contribution in [0.1, 0.15) is 50.1 Å². The van der Waals surface area contributed by atoms with Crippen LogP contribution in [0.4, 0.5) is 11.4 Å². The fourth-order valence-corrected chi connectivity index (χ4v) is 5.07. The Morgan fingerprint density at radius 2 is 1.79 bits per heavy atom. The topological polar surface area (TPSA) is 228 Å². The first-order valence-corrected chi connectivity index (χ1v) is 15.1. The number of nitrogens with zero attached hydrogens (tertiary/aromatic N) is 4. The van der Waals surface area contributed by atoms with Crippen molar-refractivity contribution in [2.24, 2.45) is 5.92 Å². The lowest BCUT2D eigenvalue weighted by Gasteiger charge is -2.27. The van der Waals surface area contributed by atoms with Crippen LogP contribution in [0, 0.1) is 5.92 Å². The first-order chi connectivity index (χ1) is 22.5. The van der Waals surface area contributed by atoms with Crippen molar-refractivity contribution >= 4 is 46.9 Å². The summed E-state index contributed by atoms with van der Waals surface area (Å²) in [6, 6.07) is 12.0. The quantitative estimate of drug-likeness (QED) is 0.134. The van der Waals surface area contributed by atoms with Crippen molar-refractivity contribution in [2.75, 3.05) is 16.8 Å². The standard InChI is InChI=1S/C31H37N9O7/c1-3-18(2)29(35-26(42)13-19-7-5-4-6-8-19)31(47)33-17-27(43)40-22-15-21(34-25(41)11-12-28(44)45)10-9-20(22)14-23(40)30(46)32-16-24-36-38-39-37-24/h4-10,15,18,23,29H,3,11-14,16-17H2,1-2H3,(H,32,46)(H,33,47)(H,34,41)(H,35,42)(H,44,45)(H,36,37,38,39)/t18-,23-,29-/m0/s1. The van der Waals surface area contributed by atoms with E-state index in [2.05, 4.69) is 41.9 Å². The van der Waals surface area contributed by atoms with Gasteiger partial charge in [-0.15, -0.1) is 10.2 Å². The summed E-state index contributed by atoms with van der Waals surface area (Å²) >= 11 is 0. The van der Waals surface area contributed by atoms with Gasteiger partial charge in [-0.3, -0.25) is 33.7 Å². The molecule has 6 N–H and O–H groups in total. The van der Waals surface area contributed by atoms with E-state index in [9.17, 15) is 28.8 Å². The van der Waals surface area contributed by atoms with E-state index >= 15 is 0 Å². The lowest BCUT2D eigenvalue weighted by atomic mass is 9.98. The third-order valence-electron chi connectivity index (χ3n) is 7.73. The Morgan fingerprint density at radius 3 is 2.47 bits per heavy atom. The number of hydrogen-bond acceptors (Lipinski definition) is 9. The highest BCUT2D eigenvalue weighted by molar-refractivity contribution is 6.06. The molecule has 3 aromatic rings. The zero-order chi connectivity index (χ0) is 33.9. The van der Waals surface area contributed by atoms with Gasteiger partial charge in [0.25, 0.3) is 0 Å². The molecule has 0 radical (unpaired) electrons. The fraction of sp³-hybridized carbons (Fsp3) is 0.387. The van der Waals surface area contributed by atoms with Gasteiger partial charge in [0.1, 0.15) is 12.1 Å². The van der Waals surface area contributed by atoms with Gasteiger partial charge < -0.3 is 26.4 Å². The van der Waals surface area contributed by atoms with Crippen LogP contribution in [0.3, 0.4) is 0 Å². The number of anilines is 2. The van der Waals surface area contributed by atoms with Gasteiger partial charge in [0.15, 0.2) is 5.82 Å². The highest BCUT2D eigenvalue weighted by atomic mass is 16.4. The molecule has 0 spiro atoms. The Kier molecular flexibility index (Phi) is 11.7. The summed E-state index contributed by atoms with van der Waals surface area (Å²) < 4.78 is 0. The van der Waals surface area contributed by atoms with Crippen molar-refractivity contribution in [2.45, 2.75) is 64.6 Å². The van der Waals surface area contributed by atoms with Crippen molar-refractivity contribution in [3.8, 4) is 0 Å². The molecule has 0 unspecified atom stereocenters. The second-order valence-corrected chi connectivity index (χ2v) is 11.1. The summed E-state index contributed by atoms with van der Waals surface area (Å²) in [5.41, 5.74) is 2.07. The Bertz CT molecular complexity index is 1600. The Balaban J connectivity index is 1.49. The lowest BCUT2D eigenvalue weighted by molar-refractivity contribution is -0.138. The molecule has 16 heteroatoms. The van der Waals surface area contributed by atoms with E-state index in [-0.39, 0.29) is 49.9 Å². The monoisotopic (exact) mass is 647 g/mol. The van der Waals surface area contributed by atoms with Crippen LogP contribution in [0.25, 0.3) is 0 Å². The number of aromatic amines is 1. The minimum atomic E-state index is -1.12. The maximum atomic E-state index is 13.7. The van der Waals surface area contributed by atoms with Crippen LogP contribution in [0.5, 0.6) is 0 Å². The van der Waals surface area contributed by atoms with Gasteiger partial charge in [0, 0.05) is 24.2 Å². The number of benzene rings is 2. The number of carbonyl (C=O) groups excluding carboxylic acids is 5. The molecule has 248 valence electrons. The van der Waals surface area contributed by atoms with Crippen molar-refractivity contribution < 1.29 is 33.9 Å². The number of fused-ring (bicyclic) bond motifs is 1. The van der Waals surface area contributed by atoms with Crippen LogP contribution in [-0.2, 0) is 48.2 Å². The number of aromatic nitrogens is 4. The first kappa shape index (κ1) is 34.2. The van der Waals surface area contributed by atoms with Gasteiger partial charge in [0.05, 0.1) is 25.9 Å². The average Bonchev–Trinajstić information content (AvgIpc) is 3.72. The number of carboxylic acids is 1. The summed E-state index contributed by atoms with van der Waals surface area (Å²) in [4.78, 5) is 77.6. The number of tetrazole rings is 1. The molecule has 2 aromatic carbocycles. The van der Waals surface area contributed by atoms with Crippen molar-refractivity contribution in [1.82, 2.24) is 36.6 Å². The zero-order valence-electron chi connectivity index (χ0n) is 26.0. The Hall–Kier alpha value is -5.67. The molecular weight excluding hydrogens is 610 g/mol. The van der Waals surface area contributed by atoms with Crippen molar-refractivity contribution in [3.05, 3.63) is 65.5 Å². The molecule has 0 saturated heterocycles. The number of hydrogen-bond donors (Lipinski definition) is 6. The van der Waals surface area contributed by atoms with Gasteiger partial charge in [-0.1, -0.05) is 61.9 Å². The highest BCUT2D eigenvalue weighted by Gasteiger charge is 2.39. The van der Waals surface area contributed by atoms with Gasteiger partial charge in [-0.05, 0) is 29.2 Å². The van der Waals surface area contributed by atoms with Gasteiger partial charge in [-0.25, -0.2) is 0 Å². The number of nitrogens with one attached hydrogen (secondary N) is 5. The van der Waals surface area contributed by atoms with E-state index in [0.29, 0.717) is 23.4 Å². The largest absolute Gasteiger partial charge is 0.481 e. The molecule has 1 aromatic heterocycles. The number of rotatable bonds is 15. The van der Waals surface area contributed by atoms with Gasteiger partial charge in [-0.2, -0.15) is 5.21 Å². The maximum absolute atomic E-state index is 13.7. The van der Waals surface area contributed by atoms with Crippen LogP contribution in [0.15, 0.2) is 48.5 Å². The molecule has 0 bridgehead atoms. The predicted octanol–water partition coefficient (Wildman–Crippen LogP) is 0.467. The number of carbonyl (C=O) groups is 6. The van der Waals surface area contributed by atoms with Crippen LogP contribution in [-0.4, -0.2) is 79.9 Å². The molecule has 5 amide bonds. The molecule has 47 heavy (non-hydrogen) atoms. The first-order valence-electron chi connectivity index (χ1n) is 15.1. The van der Waals surface area contributed by atoms with Crippen LogP contribution in [0.2, 0.25) is 0 Å². The third-order valence-corrected chi connectivity index (χ3v) is 7.73. The van der Waals surface area contributed by atoms with Crippen molar-refractivity contribution in [1.29, 1.82) is 0 Å². The van der Waals surface area contributed by atoms with E-state index in [1.54, 1.807) is 12.1 Å². The van der Waals surface area contributed by atoms with Gasteiger partial charge in [0.2, 0.25) is 29.5 Å². The van der Waals surface area contributed by atoms with Crippen molar-refractivity contribution in [3.63, 3.8) is 0 Å². The number of amides is 5. The number of aliphatic carboxylic acids is 1. The molecule has 4 rings (SSSR count). The summed E-state index contributed by atoms with van der Waals surface area (Å²) in [6.07, 6.45) is 0.210. The third kappa shape index (κ3) is 9.42. The van der Waals surface area contributed by atoms with Crippen LogP contribution >= 0.6 is 0 Å². The normalized spacial score (nSPS) is 14.8. The summed E-state index contributed by atoms with van der Waals surface area (Å²) in [5.74, 6) is -3.67. The molecule has 3 atom stereocenters. The minimum Gasteiger partial charge on any atom is -0.481 e. The molecular formula is C31H37N9O7.